The van der Waals surface area contributed by atoms with Gasteiger partial charge in [-0.05, 0) is 24.1 Å². The number of piperazine rings is 1. The molecule has 2 rings (SSSR count). The van der Waals surface area contributed by atoms with Crippen LogP contribution in [0.3, 0.4) is 0 Å². The highest BCUT2D eigenvalue weighted by atomic mass is 16.5. The number of esters is 1. The topological polar surface area (TPSA) is 41.6 Å². The summed E-state index contributed by atoms with van der Waals surface area (Å²) in [4.78, 5) is 14.1. The average Bonchev–Trinajstić information content (AvgIpc) is 2.49. The largest absolute Gasteiger partial charge is 0.465 e. The first-order valence-electron chi connectivity index (χ1n) is 7.36. The predicted octanol–water partition coefficient (Wildman–Crippen LogP) is 2.05. The van der Waals surface area contributed by atoms with Gasteiger partial charge in [0.25, 0.3) is 0 Å². The van der Waals surface area contributed by atoms with E-state index in [-0.39, 0.29) is 5.97 Å². The molecule has 1 N–H and O–H groups in total. The summed E-state index contributed by atoms with van der Waals surface area (Å²) in [5.41, 5.74) is 1.81. The summed E-state index contributed by atoms with van der Waals surface area (Å²) < 4.78 is 4.78. The van der Waals surface area contributed by atoms with Gasteiger partial charge in [-0.1, -0.05) is 25.5 Å². The molecule has 0 unspecified atom stereocenters. The van der Waals surface area contributed by atoms with Gasteiger partial charge >= 0.3 is 5.97 Å². The lowest BCUT2D eigenvalue weighted by Gasteiger charge is -2.36. The Morgan fingerprint density at radius 2 is 2.35 bits per heavy atom. The summed E-state index contributed by atoms with van der Waals surface area (Å²) in [5, 5.41) is 3.46. The number of ether oxygens (including phenoxy) is 1. The number of nitrogens with zero attached hydrogens (tertiary/aromatic N) is 1. The molecule has 1 saturated heterocycles. The molecule has 0 aromatic heterocycles. The van der Waals surface area contributed by atoms with Crippen LogP contribution in [-0.4, -0.2) is 43.7 Å². The first-order chi connectivity index (χ1) is 9.74. The number of nitrogens with one attached hydrogen (secondary N) is 1. The van der Waals surface area contributed by atoms with Gasteiger partial charge in [0.2, 0.25) is 0 Å². The number of methoxy groups -OCH3 is 1. The minimum absolute atomic E-state index is 0.266. The predicted molar refractivity (Wildman–Crippen MR) is 79.8 cm³/mol. The van der Waals surface area contributed by atoms with Crippen molar-refractivity contribution < 1.29 is 9.53 Å². The Hall–Kier alpha value is -1.39. The lowest BCUT2D eigenvalue weighted by atomic mass is 10.1. The summed E-state index contributed by atoms with van der Waals surface area (Å²) in [6.45, 7) is 6.29. The van der Waals surface area contributed by atoms with E-state index in [0.29, 0.717) is 11.6 Å². The van der Waals surface area contributed by atoms with E-state index in [1.165, 1.54) is 25.5 Å². The molecule has 4 heteroatoms. The Balaban J connectivity index is 2.06. The maximum absolute atomic E-state index is 11.6. The molecule has 1 atom stereocenters. The molecule has 0 amide bonds. The molecular formula is C16H24N2O2. The second-order valence-electron chi connectivity index (χ2n) is 5.31. The minimum Gasteiger partial charge on any atom is -0.465 e. The van der Waals surface area contributed by atoms with E-state index < -0.39 is 0 Å². The quantitative estimate of drug-likeness (QED) is 0.836. The molecule has 1 heterocycles. The van der Waals surface area contributed by atoms with Crippen LogP contribution in [-0.2, 0) is 11.3 Å². The van der Waals surface area contributed by atoms with Gasteiger partial charge in [-0.15, -0.1) is 0 Å². The van der Waals surface area contributed by atoms with E-state index in [2.05, 4.69) is 23.2 Å². The Kier molecular flexibility index (Phi) is 5.56. The zero-order chi connectivity index (χ0) is 14.4. The van der Waals surface area contributed by atoms with Crippen LogP contribution >= 0.6 is 0 Å². The van der Waals surface area contributed by atoms with Crippen molar-refractivity contribution in [1.82, 2.24) is 10.2 Å². The summed E-state index contributed by atoms with van der Waals surface area (Å²) >= 11 is 0. The van der Waals surface area contributed by atoms with Gasteiger partial charge in [0.15, 0.2) is 0 Å². The summed E-state index contributed by atoms with van der Waals surface area (Å²) in [7, 11) is 1.42. The summed E-state index contributed by atoms with van der Waals surface area (Å²) in [6, 6.07) is 8.35. The molecule has 0 aliphatic carbocycles. The fourth-order valence-corrected chi connectivity index (χ4v) is 2.78. The monoisotopic (exact) mass is 276 g/mol. The number of carbonyl (C=O) groups is 1. The molecule has 20 heavy (non-hydrogen) atoms. The Morgan fingerprint density at radius 3 is 3.10 bits per heavy atom. The Morgan fingerprint density at radius 1 is 1.50 bits per heavy atom. The van der Waals surface area contributed by atoms with E-state index in [9.17, 15) is 4.79 Å². The van der Waals surface area contributed by atoms with Crippen molar-refractivity contribution in [3.63, 3.8) is 0 Å². The molecule has 1 aliphatic heterocycles. The SMILES string of the molecule is CCC[C@@H]1CNCCN1Cc1cccc(C(=O)OC)c1. The third-order valence-electron chi connectivity index (χ3n) is 3.83. The fourth-order valence-electron chi connectivity index (χ4n) is 2.78. The number of carbonyl (C=O) groups excluding carboxylic acids is 1. The van der Waals surface area contributed by atoms with Crippen LogP contribution in [0.2, 0.25) is 0 Å². The standard InChI is InChI=1S/C16H24N2O2/c1-3-5-15-11-17-8-9-18(15)12-13-6-4-7-14(10-13)16(19)20-2/h4,6-7,10,15,17H,3,5,8-9,11-12H2,1-2H3/t15-/m1/s1. The summed E-state index contributed by atoms with van der Waals surface area (Å²) in [6.07, 6.45) is 2.41. The van der Waals surface area contributed by atoms with Crippen LogP contribution in [0, 0.1) is 0 Å². The molecule has 1 aromatic rings. The van der Waals surface area contributed by atoms with Gasteiger partial charge in [0.1, 0.15) is 0 Å². The average molecular weight is 276 g/mol. The van der Waals surface area contributed by atoms with Crippen molar-refractivity contribution in [3.05, 3.63) is 35.4 Å². The van der Waals surface area contributed by atoms with Crippen LogP contribution < -0.4 is 5.32 Å². The third kappa shape index (κ3) is 3.81. The van der Waals surface area contributed by atoms with Crippen molar-refractivity contribution in [2.45, 2.75) is 32.4 Å². The molecule has 110 valence electrons. The van der Waals surface area contributed by atoms with Crippen LogP contribution in [0.4, 0.5) is 0 Å². The van der Waals surface area contributed by atoms with Crippen LogP contribution in [0.5, 0.6) is 0 Å². The molecule has 1 fully saturated rings. The van der Waals surface area contributed by atoms with E-state index in [0.717, 1.165) is 26.2 Å². The zero-order valence-corrected chi connectivity index (χ0v) is 12.4. The lowest BCUT2D eigenvalue weighted by Crippen LogP contribution is -2.50. The fraction of sp³-hybridized carbons (Fsp3) is 0.562. The van der Waals surface area contributed by atoms with Gasteiger partial charge in [-0.3, -0.25) is 4.90 Å². The van der Waals surface area contributed by atoms with Crippen LogP contribution in [0.25, 0.3) is 0 Å². The van der Waals surface area contributed by atoms with E-state index in [1.54, 1.807) is 6.07 Å². The van der Waals surface area contributed by atoms with E-state index >= 15 is 0 Å². The smallest absolute Gasteiger partial charge is 0.337 e. The molecule has 0 saturated carbocycles. The Bertz CT molecular complexity index is 446. The molecule has 1 aromatic carbocycles. The molecule has 1 aliphatic rings. The number of benzene rings is 1. The maximum atomic E-state index is 11.6. The van der Waals surface area contributed by atoms with Crippen molar-refractivity contribution in [1.29, 1.82) is 0 Å². The highest BCUT2D eigenvalue weighted by Gasteiger charge is 2.21. The highest BCUT2D eigenvalue weighted by molar-refractivity contribution is 5.89. The van der Waals surface area contributed by atoms with Crippen molar-refractivity contribution in [3.8, 4) is 0 Å². The van der Waals surface area contributed by atoms with Crippen molar-refractivity contribution >= 4 is 5.97 Å². The normalized spacial score (nSPS) is 19.8. The summed E-state index contributed by atoms with van der Waals surface area (Å²) in [5.74, 6) is -0.266. The number of hydrogen-bond donors (Lipinski definition) is 1. The molecule has 0 bridgehead atoms. The van der Waals surface area contributed by atoms with Crippen molar-refractivity contribution in [2.24, 2.45) is 0 Å². The molecular weight excluding hydrogens is 252 g/mol. The highest BCUT2D eigenvalue weighted by Crippen LogP contribution is 2.15. The van der Waals surface area contributed by atoms with Gasteiger partial charge in [-0.2, -0.15) is 0 Å². The molecule has 0 spiro atoms. The van der Waals surface area contributed by atoms with Gasteiger partial charge in [0.05, 0.1) is 12.7 Å². The van der Waals surface area contributed by atoms with Gasteiger partial charge in [-0.25, -0.2) is 4.79 Å². The molecule has 0 radical (unpaired) electrons. The first-order valence-corrected chi connectivity index (χ1v) is 7.36. The maximum Gasteiger partial charge on any atom is 0.337 e. The minimum atomic E-state index is -0.266. The van der Waals surface area contributed by atoms with E-state index in [1.807, 2.05) is 12.1 Å². The van der Waals surface area contributed by atoms with Crippen LogP contribution in [0.15, 0.2) is 24.3 Å². The van der Waals surface area contributed by atoms with Crippen molar-refractivity contribution in [2.75, 3.05) is 26.7 Å². The number of hydrogen-bond acceptors (Lipinski definition) is 4. The molecule has 4 nitrogen and oxygen atoms in total. The zero-order valence-electron chi connectivity index (χ0n) is 12.4. The Labute approximate surface area is 121 Å². The van der Waals surface area contributed by atoms with Crippen LogP contribution in [0.1, 0.15) is 35.7 Å². The van der Waals surface area contributed by atoms with Gasteiger partial charge in [0, 0.05) is 32.2 Å². The lowest BCUT2D eigenvalue weighted by molar-refractivity contribution is 0.0600. The van der Waals surface area contributed by atoms with E-state index in [4.69, 9.17) is 4.74 Å². The third-order valence-corrected chi connectivity index (χ3v) is 3.83. The first kappa shape index (κ1) is 15.0. The van der Waals surface area contributed by atoms with Gasteiger partial charge < -0.3 is 10.1 Å². The second kappa shape index (κ2) is 7.41. The second-order valence-corrected chi connectivity index (χ2v) is 5.31. The number of rotatable bonds is 5.